The van der Waals surface area contributed by atoms with Crippen LogP contribution < -0.4 is 11.2 Å². The molecule has 0 aromatic carbocycles. The molecule has 0 aliphatic carbocycles. The summed E-state index contributed by atoms with van der Waals surface area (Å²) < 4.78 is 19.7. The normalized spacial score (nSPS) is 25.4. The highest BCUT2D eigenvalue weighted by Crippen LogP contribution is 2.29. The minimum absolute atomic E-state index is 0.0638. The molecular formula is C10H12FN5O4. The van der Waals surface area contributed by atoms with Crippen molar-refractivity contribution in [2.45, 2.75) is 31.5 Å². The van der Waals surface area contributed by atoms with Crippen molar-refractivity contribution in [1.29, 1.82) is 0 Å². The molecule has 1 aromatic rings. The molecule has 0 amide bonds. The van der Waals surface area contributed by atoms with Crippen LogP contribution in [0.4, 0.5) is 4.39 Å². The Balaban J connectivity index is 2.35. The zero-order valence-corrected chi connectivity index (χ0v) is 10.3. The molecule has 1 saturated heterocycles. The van der Waals surface area contributed by atoms with Crippen LogP contribution in [0.25, 0.3) is 10.4 Å². The molecular weight excluding hydrogens is 273 g/mol. The Morgan fingerprint density at radius 3 is 3.00 bits per heavy atom. The molecule has 10 heteroatoms. The van der Waals surface area contributed by atoms with Gasteiger partial charge in [-0.3, -0.25) is 14.3 Å². The highest BCUT2D eigenvalue weighted by atomic mass is 19.1. The number of azide groups is 1. The lowest BCUT2D eigenvalue weighted by Gasteiger charge is -2.14. The molecule has 0 saturated carbocycles. The maximum Gasteiger partial charge on any atom is 0.330 e. The number of ether oxygens (including phenoxy) is 1. The first-order chi connectivity index (χ1) is 9.56. The molecule has 1 aromatic heterocycles. The van der Waals surface area contributed by atoms with E-state index in [4.69, 9.17) is 15.4 Å². The average molecular weight is 285 g/mol. The van der Waals surface area contributed by atoms with Crippen molar-refractivity contribution in [2.75, 3.05) is 6.61 Å². The van der Waals surface area contributed by atoms with Gasteiger partial charge in [-0.2, -0.15) is 0 Å². The van der Waals surface area contributed by atoms with Crippen LogP contribution in [0.15, 0.2) is 20.9 Å². The summed E-state index contributed by atoms with van der Waals surface area (Å²) in [4.78, 5) is 27.7. The summed E-state index contributed by atoms with van der Waals surface area (Å²) in [6.45, 7) is -0.733. The third-order valence-electron chi connectivity index (χ3n) is 3.00. The highest BCUT2D eigenvalue weighted by molar-refractivity contribution is 5.05. The zero-order chi connectivity index (χ0) is 14.7. The van der Waals surface area contributed by atoms with Crippen LogP contribution in [0.5, 0.6) is 0 Å². The summed E-state index contributed by atoms with van der Waals surface area (Å²) in [5, 5.41) is 12.2. The van der Waals surface area contributed by atoms with Gasteiger partial charge in [-0.05, 0) is 5.53 Å². The van der Waals surface area contributed by atoms with Crippen molar-refractivity contribution in [3.05, 3.63) is 43.0 Å². The fourth-order valence-electron chi connectivity index (χ4n) is 1.98. The Bertz CT molecular complexity index is 650. The molecule has 108 valence electrons. The third-order valence-corrected chi connectivity index (χ3v) is 3.00. The van der Waals surface area contributed by atoms with E-state index in [9.17, 15) is 14.0 Å². The Morgan fingerprint density at radius 2 is 2.40 bits per heavy atom. The lowest BCUT2D eigenvalue weighted by molar-refractivity contribution is -0.0357. The molecule has 0 bridgehead atoms. The second-order valence-corrected chi connectivity index (χ2v) is 4.27. The quantitative estimate of drug-likeness (QED) is 0.456. The Hall–Kier alpha value is -2.16. The van der Waals surface area contributed by atoms with E-state index in [-0.39, 0.29) is 18.5 Å². The summed E-state index contributed by atoms with van der Waals surface area (Å²) in [6.07, 6.45) is -2.26. The van der Waals surface area contributed by atoms with Gasteiger partial charge >= 0.3 is 5.69 Å². The van der Waals surface area contributed by atoms with Gasteiger partial charge in [-0.1, -0.05) is 5.11 Å². The average Bonchev–Trinajstić information content (AvgIpc) is 2.79. The first kappa shape index (κ1) is 14.3. The maximum atomic E-state index is 13.5. The van der Waals surface area contributed by atoms with Crippen molar-refractivity contribution in [1.82, 2.24) is 9.55 Å². The van der Waals surface area contributed by atoms with E-state index < -0.39 is 36.4 Å². The molecule has 0 unspecified atom stereocenters. The number of halogens is 1. The molecule has 3 atom stereocenters. The number of aliphatic hydroxyl groups excluding tert-OH is 1. The summed E-state index contributed by atoms with van der Waals surface area (Å²) in [7, 11) is 0. The van der Waals surface area contributed by atoms with Crippen LogP contribution in [0.1, 0.15) is 18.2 Å². The van der Waals surface area contributed by atoms with E-state index in [1.165, 1.54) is 6.20 Å². The first-order valence-corrected chi connectivity index (χ1v) is 5.82. The van der Waals surface area contributed by atoms with E-state index in [0.717, 1.165) is 4.57 Å². The zero-order valence-electron chi connectivity index (χ0n) is 10.3. The number of hydrogen-bond acceptors (Lipinski definition) is 5. The summed E-state index contributed by atoms with van der Waals surface area (Å²) in [5.74, 6) is 0. The van der Waals surface area contributed by atoms with Crippen molar-refractivity contribution >= 4 is 0 Å². The molecule has 2 rings (SSSR count). The van der Waals surface area contributed by atoms with Gasteiger partial charge in [0.15, 0.2) is 0 Å². The molecule has 1 aliphatic rings. The van der Waals surface area contributed by atoms with Crippen LogP contribution in [0.2, 0.25) is 0 Å². The van der Waals surface area contributed by atoms with E-state index in [2.05, 4.69) is 10.0 Å². The Kier molecular flexibility index (Phi) is 4.18. The number of hydrogen-bond donors (Lipinski definition) is 2. The number of rotatable bonds is 4. The Labute approximate surface area is 111 Å². The number of aromatic amines is 1. The SMILES string of the molecule is [N-]=[N+]=NCc1cn([C@H]2C[C@H](F)[C@@H](CO)O2)c(=O)[nH]c1=O. The third kappa shape index (κ3) is 2.72. The van der Waals surface area contributed by atoms with Crippen LogP contribution in [0.3, 0.4) is 0 Å². The fourth-order valence-corrected chi connectivity index (χ4v) is 1.98. The standard InChI is InChI=1S/C10H12FN5O4/c11-6-1-8(20-7(6)4-17)16-3-5(2-13-15-12)9(18)14-10(16)19/h3,6-8,17H,1-2,4H2,(H,14,18,19)/t6-,7+,8+/m0/s1. The molecule has 20 heavy (non-hydrogen) atoms. The molecule has 1 aliphatic heterocycles. The van der Waals surface area contributed by atoms with Crippen LogP contribution >= 0.6 is 0 Å². The van der Waals surface area contributed by atoms with Crippen LogP contribution in [-0.2, 0) is 11.3 Å². The molecule has 9 nitrogen and oxygen atoms in total. The van der Waals surface area contributed by atoms with E-state index in [1.54, 1.807) is 0 Å². The van der Waals surface area contributed by atoms with Gasteiger partial charge in [-0.25, -0.2) is 9.18 Å². The minimum Gasteiger partial charge on any atom is -0.394 e. The summed E-state index contributed by atoms with van der Waals surface area (Å²) in [6, 6.07) is 0. The molecule has 1 fully saturated rings. The maximum absolute atomic E-state index is 13.5. The van der Waals surface area contributed by atoms with Crippen molar-refractivity contribution in [3.8, 4) is 0 Å². The summed E-state index contributed by atoms with van der Waals surface area (Å²) in [5.41, 5.74) is 6.87. The van der Waals surface area contributed by atoms with Crippen molar-refractivity contribution in [2.24, 2.45) is 5.11 Å². The fraction of sp³-hybridized carbons (Fsp3) is 0.600. The van der Waals surface area contributed by atoms with Gasteiger partial charge in [0.05, 0.1) is 13.2 Å². The predicted octanol–water partition coefficient (Wildman–Crippen LogP) is -0.0352. The summed E-state index contributed by atoms with van der Waals surface area (Å²) >= 11 is 0. The van der Waals surface area contributed by atoms with Crippen molar-refractivity contribution in [3.63, 3.8) is 0 Å². The lowest BCUT2D eigenvalue weighted by atomic mass is 10.2. The number of alkyl halides is 1. The minimum atomic E-state index is -1.40. The molecule has 0 radical (unpaired) electrons. The Morgan fingerprint density at radius 1 is 1.65 bits per heavy atom. The van der Waals surface area contributed by atoms with E-state index in [1.807, 2.05) is 4.98 Å². The van der Waals surface area contributed by atoms with Gasteiger partial charge in [0.1, 0.15) is 18.5 Å². The monoisotopic (exact) mass is 285 g/mol. The number of nitrogens with one attached hydrogen (secondary N) is 1. The van der Waals surface area contributed by atoms with E-state index >= 15 is 0 Å². The van der Waals surface area contributed by atoms with Gasteiger partial charge in [0.2, 0.25) is 0 Å². The molecule has 2 heterocycles. The number of H-pyrrole nitrogens is 1. The van der Waals surface area contributed by atoms with Gasteiger partial charge in [-0.15, -0.1) is 0 Å². The smallest absolute Gasteiger partial charge is 0.330 e. The lowest BCUT2D eigenvalue weighted by Crippen LogP contribution is -2.34. The van der Waals surface area contributed by atoms with Gasteiger partial charge in [0.25, 0.3) is 5.56 Å². The van der Waals surface area contributed by atoms with Gasteiger partial charge < -0.3 is 9.84 Å². The number of nitrogens with zero attached hydrogens (tertiary/aromatic N) is 4. The first-order valence-electron chi connectivity index (χ1n) is 5.82. The van der Waals surface area contributed by atoms with Crippen LogP contribution in [0, 0.1) is 0 Å². The predicted molar refractivity (Wildman–Crippen MR) is 64.7 cm³/mol. The topological polar surface area (TPSA) is 133 Å². The van der Waals surface area contributed by atoms with Crippen molar-refractivity contribution < 1.29 is 14.2 Å². The largest absolute Gasteiger partial charge is 0.394 e. The molecule has 2 N–H and O–H groups in total. The number of aliphatic hydroxyl groups is 1. The molecule has 0 spiro atoms. The second kappa shape index (κ2) is 5.87. The van der Waals surface area contributed by atoms with Gasteiger partial charge in [0, 0.05) is 23.1 Å². The van der Waals surface area contributed by atoms with E-state index in [0.29, 0.717) is 0 Å². The van der Waals surface area contributed by atoms with Crippen LogP contribution in [-0.4, -0.2) is 33.5 Å². The highest BCUT2D eigenvalue weighted by Gasteiger charge is 2.36. The second-order valence-electron chi connectivity index (χ2n) is 4.27. The number of aromatic nitrogens is 2.